The molecule has 0 aliphatic carbocycles. The zero-order chi connectivity index (χ0) is 19.4. The minimum atomic E-state index is -5.08. The van der Waals surface area contributed by atoms with Crippen molar-refractivity contribution >= 4 is 17.9 Å². The maximum absolute atomic E-state index is 13.2. The third-order valence-corrected chi connectivity index (χ3v) is 3.12. The molecule has 25 heavy (non-hydrogen) atoms. The summed E-state index contributed by atoms with van der Waals surface area (Å²) in [6.45, 7) is 1.51. The molecule has 0 spiro atoms. The van der Waals surface area contributed by atoms with E-state index in [0.29, 0.717) is 18.8 Å². The van der Waals surface area contributed by atoms with Crippen molar-refractivity contribution in [1.29, 1.82) is 0 Å². The van der Waals surface area contributed by atoms with Crippen molar-refractivity contribution in [2.75, 3.05) is 18.4 Å². The van der Waals surface area contributed by atoms with Crippen molar-refractivity contribution < 1.29 is 36.6 Å². The first kappa shape index (κ1) is 20.6. The number of rotatable bonds is 1. The number of nitrogens with zero attached hydrogens (tertiary/aromatic N) is 4. The van der Waals surface area contributed by atoms with Gasteiger partial charge >= 0.3 is 18.2 Å². The fraction of sp³-hybridized carbons (Fsp3) is 0.667. The third-order valence-electron chi connectivity index (χ3n) is 3.12. The number of carbonyl (C=O) groups excluding carboxylic acids is 1. The maximum atomic E-state index is 13.2. The van der Waals surface area contributed by atoms with E-state index >= 15 is 0 Å². The zero-order valence-corrected chi connectivity index (χ0v) is 13.3. The van der Waals surface area contributed by atoms with E-state index in [0.717, 1.165) is 4.90 Å². The summed E-state index contributed by atoms with van der Waals surface area (Å²) in [5, 5.41) is 13.5. The van der Waals surface area contributed by atoms with Gasteiger partial charge in [0.05, 0.1) is 6.54 Å². The lowest BCUT2D eigenvalue weighted by Gasteiger charge is -2.31. The van der Waals surface area contributed by atoms with Gasteiger partial charge in [-0.25, -0.2) is 18.4 Å². The summed E-state index contributed by atoms with van der Waals surface area (Å²) >= 11 is 0. The number of alkyl halides is 5. The summed E-state index contributed by atoms with van der Waals surface area (Å²) in [5.74, 6) is -4.79. The minimum absolute atomic E-state index is 0.133. The lowest BCUT2D eigenvalue weighted by molar-refractivity contribution is -0.192. The number of carboxylic acid groups (broad SMARTS) is 1. The Labute approximate surface area is 138 Å². The summed E-state index contributed by atoms with van der Waals surface area (Å²) in [6, 6.07) is -0.583. The minimum Gasteiger partial charge on any atom is -0.475 e. The Kier molecular flexibility index (Phi) is 6.26. The van der Waals surface area contributed by atoms with E-state index in [-0.39, 0.29) is 12.4 Å². The zero-order valence-electron chi connectivity index (χ0n) is 13.3. The molecule has 1 aromatic heterocycles. The molecule has 13 heteroatoms. The average molecular weight is 373 g/mol. The monoisotopic (exact) mass is 373 g/mol. The molecule has 2 rings (SSSR count). The number of aryl methyl sites for hydroxylation is 2. The molecule has 0 radical (unpaired) electrons. The van der Waals surface area contributed by atoms with Gasteiger partial charge in [0.1, 0.15) is 5.82 Å². The van der Waals surface area contributed by atoms with Crippen LogP contribution in [0.1, 0.15) is 18.7 Å². The number of hydrogen-bond donors (Lipinski definition) is 2. The van der Waals surface area contributed by atoms with Gasteiger partial charge in [0.25, 0.3) is 5.92 Å². The van der Waals surface area contributed by atoms with Gasteiger partial charge in [0.15, 0.2) is 0 Å². The molecule has 1 aliphatic heterocycles. The predicted molar refractivity (Wildman–Crippen MR) is 74.2 cm³/mol. The molecule has 2 N–H and O–H groups in total. The van der Waals surface area contributed by atoms with Gasteiger partial charge in [-0.15, -0.1) is 5.10 Å². The van der Waals surface area contributed by atoms with Crippen LogP contribution in [-0.2, 0) is 11.8 Å². The molecule has 0 aromatic carbocycles. The molecule has 1 saturated heterocycles. The summed E-state index contributed by atoms with van der Waals surface area (Å²) in [5.41, 5.74) is 0. The number of aliphatic carboxylic acids is 1. The SMILES string of the molecule is Cc1nc(NC(=O)N2CCCC(F)(F)C2)nn1C.O=C(O)C(F)(F)F. The molecule has 1 fully saturated rings. The number of carboxylic acids is 1. The smallest absolute Gasteiger partial charge is 0.475 e. The average Bonchev–Trinajstić information content (AvgIpc) is 2.75. The fourth-order valence-electron chi connectivity index (χ4n) is 1.83. The van der Waals surface area contributed by atoms with Crippen LogP contribution >= 0.6 is 0 Å². The molecule has 8 nitrogen and oxygen atoms in total. The Morgan fingerprint density at radius 3 is 2.28 bits per heavy atom. The van der Waals surface area contributed by atoms with Gasteiger partial charge < -0.3 is 10.0 Å². The molecule has 2 amide bonds. The summed E-state index contributed by atoms with van der Waals surface area (Å²) in [4.78, 5) is 25.7. The van der Waals surface area contributed by atoms with Crippen molar-refractivity contribution in [1.82, 2.24) is 19.7 Å². The van der Waals surface area contributed by atoms with Crippen LogP contribution in [0.25, 0.3) is 0 Å². The van der Waals surface area contributed by atoms with E-state index in [9.17, 15) is 26.7 Å². The highest BCUT2D eigenvalue weighted by Gasteiger charge is 2.38. The summed E-state index contributed by atoms with van der Waals surface area (Å²) in [7, 11) is 1.69. The number of nitrogens with one attached hydrogen (secondary N) is 1. The molecule has 0 bridgehead atoms. The topological polar surface area (TPSA) is 100 Å². The Hall–Kier alpha value is -2.47. The standard InChI is InChI=1S/C10H15F2N5O.C2HF3O2/c1-7-13-8(15-16(7)2)14-9(18)17-5-3-4-10(11,12)6-17;3-2(4,5)1(6)7/h3-6H2,1-2H3,(H,14,15,18);(H,6,7). The molecular formula is C12H16F5N5O3. The highest BCUT2D eigenvalue weighted by atomic mass is 19.4. The van der Waals surface area contributed by atoms with E-state index in [4.69, 9.17) is 9.90 Å². The number of urea groups is 1. The number of halogens is 5. The highest BCUT2D eigenvalue weighted by molar-refractivity contribution is 5.87. The largest absolute Gasteiger partial charge is 0.490 e. The van der Waals surface area contributed by atoms with Gasteiger partial charge in [0.2, 0.25) is 5.95 Å². The Morgan fingerprint density at radius 2 is 1.88 bits per heavy atom. The third kappa shape index (κ3) is 6.51. The fourth-order valence-corrected chi connectivity index (χ4v) is 1.83. The number of piperidine rings is 1. The lowest BCUT2D eigenvalue weighted by Crippen LogP contribution is -2.47. The van der Waals surface area contributed by atoms with E-state index in [1.165, 1.54) is 4.68 Å². The number of anilines is 1. The Bertz CT molecular complexity index is 612. The van der Waals surface area contributed by atoms with Crippen molar-refractivity contribution in [3.05, 3.63) is 5.82 Å². The quantitative estimate of drug-likeness (QED) is 0.734. The molecule has 2 heterocycles. The van der Waals surface area contributed by atoms with Crippen LogP contribution in [-0.4, -0.2) is 62.0 Å². The van der Waals surface area contributed by atoms with E-state index in [1.807, 2.05) is 0 Å². The number of carbonyl (C=O) groups is 2. The van der Waals surface area contributed by atoms with Gasteiger partial charge in [0, 0.05) is 20.0 Å². The molecule has 142 valence electrons. The van der Waals surface area contributed by atoms with Gasteiger partial charge in [-0.1, -0.05) is 0 Å². The van der Waals surface area contributed by atoms with E-state index < -0.39 is 30.6 Å². The van der Waals surface area contributed by atoms with Crippen molar-refractivity contribution in [3.63, 3.8) is 0 Å². The molecule has 1 aromatic rings. The van der Waals surface area contributed by atoms with Crippen molar-refractivity contribution in [3.8, 4) is 0 Å². The second-order valence-electron chi connectivity index (χ2n) is 5.22. The number of amides is 2. The number of likely N-dealkylation sites (tertiary alicyclic amines) is 1. The van der Waals surface area contributed by atoms with Crippen LogP contribution in [0.3, 0.4) is 0 Å². The van der Waals surface area contributed by atoms with Crippen LogP contribution in [0, 0.1) is 6.92 Å². The van der Waals surface area contributed by atoms with Crippen LogP contribution in [0.15, 0.2) is 0 Å². The van der Waals surface area contributed by atoms with E-state index in [2.05, 4.69) is 15.4 Å². The van der Waals surface area contributed by atoms with E-state index in [1.54, 1.807) is 14.0 Å². The molecule has 0 atom stereocenters. The lowest BCUT2D eigenvalue weighted by atomic mass is 10.1. The second kappa shape index (κ2) is 7.61. The van der Waals surface area contributed by atoms with Gasteiger partial charge in [-0.2, -0.15) is 18.2 Å². The summed E-state index contributed by atoms with van der Waals surface area (Å²) < 4.78 is 59.6. The molecule has 0 saturated carbocycles. The highest BCUT2D eigenvalue weighted by Crippen LogP contribution is 2.26. The van der Waals surface area contributed by atoms with Crippen LogP contribution in [0.5, 0.6) is 0 Å². The number of hydrogen-bond acceptors (Lipinski definition) is 4. The first-order chi connectivity index (χ1) is 11.3. The number of aromatic nitrogens is 3. The summed E-state index contributed by atoms with van der Waals surface area (Å²) in [6.07, 6.45) is -4.95. The molecule has 1 aliphatic rings. The second-order valence-corrected chi connectivity index (χ2v) is 5.22. The first-order valence-electron chi connectivity index (χ1n) is 6.93. The van der Waals surface area contributed by atoms with Crippen molar-refractivity contribution in [2.24, 2.45) is 7.05 Å². The van der Waals surface area contributed by atoms with Crippen LogP contribution in [0.2, 0.25) is 0 Å². The Balaban J connectivity index is 0.000000381. The van der Waals surface area contributed by atoms with Crippen molar-refractivity contribution in [2.45, 2.75) is 31.9 Å². The van der Waals surface area contributed by atoms with Crippen LogP contribution in [0.4, 0.5) is 32.7 Å². The maximum Gasteiger partial charge on any atom is 0.490 e. The van der Waals surface area contributed by atoms with Crippen LogP contribution < -0.4 is 5.32 Å². The molecular weight excluding hydrogens is 357 g/mol. The normalized spacial score (nSPS) is 16.7. The first-order valence-corrected chi connectivity index (χ1v) is 6.93. The molecule has 0 unspecified atom stereocenters. The van der Waals surface area contributed by atoms with Gasteiger partial charge in [-0.3, -0.25) is 10.00 Å². The predicted octanol–water partition coefficient (Wildman–Crippen LogP) is 2.02. The van der Waals surface area contributed by atoms with Gasteiger partial charge in [-0.05, 0) is 13.3 Å². The Morgan fingerprint density at radius 1 is 1.32 bits per heavy atom.